The van der Waals surface area contributed by atoms with Crippen LogP contribution in [0, 0.1) is 0 Å². The minimum absolute atomic E-state index is 0.447. The predicted octanol–water partition coefficient (Wildman–Crippen LogP) is 2.54. The Morgan fingerprint density at radius 3 is 2.88 bits per heavy atom. The molecule has 0 aliphatic heterocycles. The maximum Gasteiger partial charge on any atom is 0.220 e. The zero-order chi connectivity index (χ0) is 12.5. The first kappa shape index (κ1) is 13.9. The number of nitrogens with zero attached hydrogens (tertiary/aromatic N) is 2. The Kier molecular flexibility index (Phi) is 6.55. The summed E-state index contributed by atoms with van der Waals surface area (Å²) in [4.78, 5) is 8.22. The molecule has 96 valence electrons. The van der Waals surface area contributed by atoms with E-state index in [1.165, 1.54) is 19.2 Å². The van der Waals surface area contributed by atoms with E-state index in [1.54, 1.807) is 0 Å². The molecule has 0 atom stereocenters. The van der Waals surface area contributed by atoms with Crippen molar-refractivity contribution >= 4 is 0 Å². The number of unbranched alkanes of at least 4 members (excludes halogenated alkanes) is 2. The zero-order valence-electron chi connectivity index (χ0n) is 11.1. The Bertz CT molecular complexity index is 315. The fraction of sp³-hybridized carbons (Fsp3) is 0.692. The fourth-order valence-electron chi connectivity index (χ4n) is 1.43. The molecule has 0 radical (unpaired) electrons. The van der Waals surface area contributed by atoms with Crippen LogP contribution in [0.3, 0.4) is 0 Å². The number of hydrogen-bond acceptors (Lipinski definition) is 4. The molecule has 0 aromatic carbocycles. The van der Waals surface area contributed by atoms with Gasteiger partial charge in [0, 0.05) is 24.3 Å². The molecule has 1 aromatic heterocycles. The van der Waals surface area contributed by atoms with Crippen molar-refractivity contribution in [3.05, 3.63) is 18.1 Å². The molecule has 0 bridgehead atoms. The van der Waals surface area contributed by atoms with Gasteiger partial charge < -0.3 is 10.1 Å². The van der Waals surface area contributed by atoms with Crippen molar-refractivity contribution in [3.8, 4) is 5.88 Å². The molecule has 1 N–H and O–H groups in total. The van der Waals surface area contributed by atoms with Crippen molar-refractivity contribution < 1.29 is 4.74 Å². The van der Waals surface area contributed by atoms with Gasteiger partial charge in [-0.05, 0) is 6.42 Å². The predicted molar refractivity (Wildman–Crippen MR) is 69.0 cm³/mol. The van der Waals surface area contributed by atoms with E-state index < -0.39 is 0 Å². The molecule has 0 saturated carbocycles. The maximum atomic E-state index is 5.68. The third kappa shape index (κ3) is 5.63. The number of nitrogens with one attached hydrogen (secondary N) is 1. The van der Waals surface area contributed by atoms with E-state index in [-0.39, 0.29) is 0 Å². The van der Waals surface area contributed by atoms with Crippen LogP contribution >= 0.6 is 0 Å². The van der Waals surface area contributed by atoms with Gasteiger partial charge in [0.15, 0.2) is 0 Å². The smallest absolute Gasteiger partial charge is 0.220 e. The van der Waals surface area contributed by atoms with Crippen molar-refractivity contribution in [3.63, 3.8) is 0 Å². The molecule has 0 aliphatic carbocycles. The molecule has 1 rings (SSSR count). The molecule has 1 aromatic rings. The number of ether oxygens (including phenoxy) is 1. The third-order valence-corrected chi connectivity index (χ3v) is 2.43. The summed E-state index contributed by atoms with van der Waals surface area (Å²) < 4.78 is 5.68. The molecule has 0 unspecified atom stereocenters. The topological polar surface area (TPSA) is 47.0 Å². The van der Waals surface area contributed by atoms with Gasteiger partial charge in [-0.3, -0.25) is 0 Å². The van der Waals surface area contributed by atoms with E-state index in [0.29, 0.717) is 11.9 Å². The second kappa shape index (κ2) is 8.01. The van der Waals surface area contributed by atoms with Crippen molar-refractivity contribution in [2.45, 2.75) is 52.6 Å². The van der Waals surface area contributed by atoms with Crippen LogP contribution in [0.1, 0.15) is 45.6 Å². The lowest BCUT2D eigenvalue weighted by Crippen LogP contribution is -2.22. The normalized spacial score (nSPS) is 10.8. The van der Waals surface area contributed by atoms with Crippen LogP contribution in [0.2, 0.25) is 0 Å². The lowest BCUT2D eigenvalue weighted by atomic mass is 10.2. The van der Waals surface area contributed by atoms with Crippen LogP contribution in [0.5, 0.6) is 5.88 Å². The second-order valence-electron chi connectivity index (χ2n) is 4.44. The Hall–Kier alpha value is -1.16. The van der Waals surface area contributed by atoms with E-state index >= 15 is 0 Å². The second-order valence-corrected chi connectivity index (χ2v) is 4.44. The molecule has 0 fully saturated rings. The summed E-state index contributed by atoms with van der Waals surface area (Å²) in [5.74, 6) is 0.712. The van der Waals surface area contributed by atoms with Gasteiger partial charge in [0.25, 0.3) is 0 Å². The van der Waals surface area contributed by atoms with Gasteiger partial charge in [0.05, 0.1) is 6.61 Å². The summed E-state index contributed by atoms with van der Waals surface area (Å²) in [6.07, 6.45) is 6.84. The quantitative estimate of drug-likeness (QED) is 0.706. The van der Waals surface area contributed by atoms with Gasteiger partial charge in [-0.2, -0.15) is 0 Å². The lowest BCUT2D eigenvalue weighted by Gasteiger charge is -2.11. The highest BCUT2D eigenvalue weighted by atomic mass is 16.5. The van der Waals surface area contributed by atoms with Crippen molar-refractivity contribution in [1.82, 2.24) is 15.3 Å². The van der Waals surface area contributed by atoms with Crippen LogP contribution in [0.4, 0.5) is 0 Å². The summed E-state index contributed by atoms with van der Waals surface area (Å²) in [5.41, 5.74) is 1.03. The average molecular weight is 237 g/mol. The van der Waals surface area contributed by atoms with E-state index in [0.717, 1.165) is 25.1 Å². The van der Waals surface area contributed by atoms with Gasteiger partial charge in [0.2, 0.25) is 5.88 Å². The highest BCUT2D eigenvalue weighted by Crippen LogP contribution is 2.13. The molecule has 4 nitrogen and oxygen atoms in total. The molecular weight excluding hydrogens is 214 g/mol. The van der Waals surface area contributed by atoms with Crippen LogP contribution in [0.15, 0.2) is 12.5 Å². The number of hydrogen-bond donors (Lipinski definition) is 1. The summed E-state index contributed by atoms with van der Waals surface area (Å²) in [7, 11) is 0. The van der Waals surface area contributed by atoms with Gasteiger partial charge in [-0.25, -0.2) is 9.97 Å². The number of rotatable bonds is 8. The maximum absolute atomic E-state index is 5.68. The summed E-state index contributed by atoms with van der Waals surface area (Å²) in [5, 5.41) is 3.34. The van der Waals surface area contributed by atoms with Crippen molar-refractivity contribution in [2.75, 3.05) is 6.61 Å². The monoisotopic (exact) mass is 237 g/mol. The first-order valence-electron chi connectivity index (χ1n) is 6.39. The fourth-order valence-corrected chi connectivity index (χ4v) is 1.43. The Labute approximate surface area is 104 Å². The Morgan fingerprint density at radius 1 is 1.35 bits per heavy atom. The molecular formula is C13H23N3O. The Balaban J connectivity index is 2.46. The van der Waals surface area contributed by atoms with Crippen LogP contribution in [-0.2, 0) is 6.54 Å². The van der Waals surface area contributed by atoms with Crippen molar-refractivity contribution in [2.24, 2.45) is 0 Å². The highest BCUT2D eigenvalue weighted by molar-refractivity contribution is 5.21. The molecule has 0 aliphatic rings. The minimum atomic E-state index is 0.447. The SMILES string of the molecule is CCCCCOc1ncncc1CNC(C)C. The third-order valence-electron chi connectivity index (χ3n) is 2.43. The average Bonchev–Trinajstić information content (AvgIpc) is 2.33. The highest BCUT2D eigenvalue weighted by Gasteiger charge is 2.05. The van der Waals surface area contributed by atoms with Crippen LogP contribution in [0.25, 0.3) is 0 Å². The molecule has 0 amide bonds. The molecule has 1 heterocycles. The summed E-state index contributed by atoms with van der Waals surface area (Å²) in [6.45, 7) is 7.90. The molecule has 17 heavy (non-hydrogen) atoms. The van der Waals surface area contributed by atoms with E-state index in [1.807, 2.05) is 6.20 Å². The first-order valence-corrected chi connectivity index (χ1v) is 6.39. The van der Waals surface area contributed by atoms with Crippen LogP contribution in [-0.4, -0.2) is 22.6 Å². The standard InChI is InChI=1S/C13H23N3O/c1-4-5-6-7-17-13-12(8-14-10-16-13)9-15-11(2)3/h8,10-11,15H,4-7,9H2,1-3H3. The summed E-state index contributed by atoms with van der Waals surface area (Å²) >= 11 is 0. The van der Waals surface area contributed by atoms with Crippen molar-refractivity contribution in [1.29, 1.82) is 0 Å². The lowest BCUT2D eigenvalue weighted by molar-refractivity contribution is 0.290. The minimum Gasteiger partial charge on any atom is -0.477 e. The summed E-state index contributed by atoms with van der Waals surface area (Å²) in [6, 6.07) is 0.447. The molecule has 4 heteroatoms. The number of aromatic nitrogens is 2. The first-order chi connectivity index (χ1) is 8.24. The van der Waals surface area contributed by atoms with Gasteiger partial charge in [-0.1, -0.05) is 33.6 Å². The van der Waals surface area contributed by atoms with E-state index in [2.05, 4.69) is 36.1 Å². The van der Waals surface area contributed by atoms with Gasteiger partial charge >= 0.3 is 0 Å². The zero-order valence-corrected chi connectivity index (χ0v) is 11.1. The largest absolute Gasteiger partial charge is 0.477 e. The molecule has 0 saturated heterocycles. The Morgan fingerprint density at radius 2 is 2.18 bits per heavy atom. The van der Waals surface area contributed by atoms with Gasteiger partial charge in [-0.15, -0.1) is 0 Å². The van der Waals surface area contributed by atoms with E-state index in [9.17, 15) is 0 Å². The van der Waals surface area contributed by atoms with Crippen LogP contribution < -0.4 is 10.1 Å². The van der Waals surface area contributed by atoms with Gasteiger partial charge in [0.1, 0.15) is 6.33 Å². The van der Waals surface area contributed by atoms with E-state index in [4.69, 9.17) is 4.74 Å². The molecule has 0 spiro atoms.